The van der Waals surface area contributed by atoms with E-state index >= 15 is 0 Å². The lowest BCUT2D eigenvalue weighted by atomic mass is 9.75. The topological polar surface area (TPSA) is 87.9 Å². The molecule has 2 amide bonds. The smallest absolute Gasteiger partial charge is 0.253 e. The summed E-state index contributed by atoms with van der Waals surface area (Å²) < 4.78 is 0. The molecule has 3 atom stereocenters. The molecule has 0 bridgehead atoms. The normalized spacial score (nSPS) is 20.2. The molecule has 0 radical (unpaired) electrons. The van der Waals surface area contributed by atoms with Crippen LogP contribution in [0.1, 0.15) is 21.8 Å². The number of carbonyl (C=O) groups is 2. The van der Waals surface area contributed by atoms with Gasteiger partial charge in [-0.15, -0.1) is 0 Å². The van der Waals surface area contributed by atoms with E-state index in [1.165, 1.54) is 4.90 Å². The number of benzene rings is 2. The Morgan fingerprint density at radius 2 is 1.74 bits per heavy atom. The molecule has 0 spiro atoms. The first-order chi connectivity index (χ1) is 14.8. The van der Waals surface area contributed by atoms with Gasteiger partial charge in [0, 0.05) is 25.6 Å². The van der Waals surface area contributed by atoms with Crippen LogP contribution in [0.3, 0.4) is 0 Å². The summed E-state index contributed by atoms with van der Waals surface area (Å²) in [5.41, 5.74) is 3.39. The molecular weight excluding hydrogens is 392 g/mol. The van der Waals surface area contributed by atoms with Crippen LogP contribution < -0.4 is 0 Å². The minimum atomic E-state index is -0.600. The number of aliphatic hydroxyl groups excluding tert-OH is 1. The molecule has 1 fully saturated rings. The lowest BCUT2D eigenvalue weighted by Gasteiger charge is -2.51. The van der Waals surface area contributed by atoms with Crippen molar-refractivity contribution in [1.82, 2.24) is 14.7 Å². The Morgan fingerprint density at radius 1 is 1.06 bits per heavy atom. The zero-order chi connectivity index (χ0) is 22.7. The predicted octanol–water partition coefficient (Wildman–Crippen LogP) is 1.80. The fraction of sp³-hybridized carbons (Fsp3) is 0.375. The van der Waals surface area contributed by atoms with Crippen LogP contribution in [0.25, 0.3) is 11.1 Å². The fourth-order valence-corrected chi connectivity index (χ4v) is 4.09. The summed E-state index contributed by atoms with van der Waals surface area (Å²) in [4.78, 5) is 29.5. The molecule has 1 heterocycles. The molecule has 1 aliphatic heterocycles. The van der Waals surface area contributed by atoms with E-state index in [2.05, 4.69) is 6.07 Å². The molecule has 2 aromatic rings. The Balaban J connectivity index is 1.83. The third-order valence-electron chi connectivity index (χ3n) is 5.62. The van der Waals surface area contributed by atoms with Gasteiger partial charge in [-0.25, -0.2) is 0 Å². The molecule has 2 aromatic carbocycles. The summed E-state index contributed by atoms with van der Waals surface area (Å²) in [5, 5.41) is 19.6. The Bertz CT molecular complexity index is 995. The third-order valence-corrected chi connectivity index (χ3v) is 5.62. The second-order valence-corrected chi connectivity index (χ2v) is 8.29. The van der Waals surface area contributed by atoms with Crippen molar-refractivity contribution in [3.8, 4) is 17.2 Å². The first-order valence-corrected chi connectivity index (χ1v) is 10.2. The lowest BCUT2D eigenvalue weighted by Crippen LogP contribution is -2.66. The number of nitrogens with zero attached hydrogens (tertiary/aromatic N) is 4. The third kappa shape index (κ3) is 4.46. The molecule has 7 nitrogen and oxygen atoms in total. The van der Waals surface area contributed by atoms with Crippen molar-refractivity contribution in [2.45, 2.75) is 18.0 Å². The van der Waals surface area contributed by atoms with Crippen molar-refractivity contribution in [3.63, 3.8) is 0 Å². The van der Waals surface area contributed by atoms with E-state index in [1.807, 2.05) is 42.5 Å². The Labute approximate surface area is 183 Å². The molecular formula is C24H28N4O3. The van der Waals surface area contributed by atoms with Gasteiger partial charge in [-0.05, 0) is 42.9 Å². The van der Waals surface area contributed by atoms with Crippen molar-refractivity contribution in [1.29, 1.82) is 5.26 Å². The molecule has 0 saturated carbocycles. The molecule has 0 aliphatic carbocycles. The van der Waals surface area contributed by atoms with Gasteiger partial charge in [0.15, 0.2) is 0 Å². The minimum Gasteiger partial charge on any atom is -0.394 e. The van der Waals surface area contributed by atoms with E-state index in [0.29, 0.717) is 5.56 Å². The van der Waals surface area contributed by atoms with Crippen molar-refractivity contribution < 1.29 is 14.7 Å². The molecule has 1 saturated heterocycles. The monoisotopic (exact) mass is 420 g/mol. The average molecular weight is 421 g/mol. The van der Waals surface area contributed by atoms with Gasteiger partial charge in [0.05, 0.1) is 25.3 Å². The predicted molar refractivity (Wildman–Crippen MR) is 118 cm³/mol. The van der Waals surface area contributed by atoms with E-state index in [4.69, 9.17) is 0 Å². The average Bonchev–Trinajstić information content (AvgIpc) is 2.73. The maximum atomic E-state index is 12.5. The number of hydrogen-bond donors (Lipinski definition) is 1. The number of likely N-dealkylation sites (tertiary alicyclic amines) is 1. The van der Waals surface area contributed by atoms with Crippen LogP contribution in [0.15, 0.2) is 48.5 Å². The molecule has 0 aromatic heterocycles. The summed E-state index contributed by atoms with van der Waals surface area (Å²) >= 11 is 0. The van der Waals surface area contributed by atoms with E-state index < -0.39 is 12.1 Å². The summed E-state index contributed by atoms with van der Waals surface area (Å²) in [7, 11) is 7.03. The zero-order valence-corrected chi connectivity index (χ0v) is 18.3. The van der Waals surface area contributed by atoms with Crippen molar-refractivity contribution in [2.75, 3.05) is 41.3 Å². The van der Waals surface area contributed by atoms with E-state index in [0.717, 1.165) is 16.7 Å². The summed E-state index contributed by atoms with van der Waals surface area (Å²) in [6.07, 6.45) is 0. The van der Waals surface area contributed by atoms with Gasteiger partial charge < -0.3 is 19.8 Å². The standard InChI is InChI=1S/C24H28N4O3/c1-26(2)14-22(30)28-20(13-25)23(21(28)15-29)17-10-8-16(9-11-17)18-6-5-7-19(12-18)24(31)27(3)4/h5-12,20-21,23,29H,14-15H2,1-4H3/t20-,21+,23-/m1/s1. The molecule has 1 aliphatic rings. The molecule has 31 heavy (non-hydrogen) atoms. The molecule has 7 heteroatoms. The van der Waals surface area contributed by atoms with Gasteiger partial charge in [-0.2, -0.15) is 5.26 Å². The number of nitriles is 1. The quantitative estimate of drug-likeness (QED) is 0.770. The second-order valence-electron chi connectivity index (χ2n) is 8.29. The van der Waals surface area contributed by atoms with E-state index in [-0.39, 0.29) is 30.9 Å². The minimum absolute atomic E-state index is 0.0573. The Hall–Kier alpha value is -3.21. The lowest BCUT2D eigenvalue weighted by molar-refractivity contribution is -0.147. The molecule has 3 rings (SSSR count). The first kappa shape index (κ1) is 22.5. The summed E-state index contributed by atoms with van der Waals surface area (Å²) in [5.74, 6) is -0.458. The summed E-state index contributed by atoms with van der Waals surface area (Å²) in [6, 6.07) is 16.4. The van der Waals surface area contributed by atoms with Gasteiger partial charge in [0.1, 0.15) is 6.04 Å². The maximum Gasteiger partial charge on any atom is 0.253 e. The zero-order valence-electron chi connectivity index (χ0n) is 18.3. The number of aliphatic hydroxyl groups is 1. The molecule has 162 valence electrons. The Kier molecular flexibility index (Phi) is 6.74. The highest BCUT2D eigenvalue weighted by Crippen LogP contribution is 2.41. The van der Waals surface area contributed by atoms with E-state index in [1.54, 1.807) is 44.1 Å². The van der Waals surface area contributed by atoms with Gasteiger partial charge in [0.25, 0.3) is 5.91 Å². The molecule has 1 N–H and O–H groups in total. The fourth-order valence-electron chi connectivity index (χ4n) is 4.09. The van der Waals surface area contributed by atoms with Crippen molar-refractivity contribution in [2.24, 2.45) is 0 Å². The van der Waals surface area contributed by atoms with Crippen LogP contribution >= 0.6 is 0 Å². The highest BCUT2D eigenvalue weighted by molar-refractivity contribution is 5.95. The van der Waals surface area contributed by atoms with Crippen molar-refractivity contribution in [3.05, 3.63) is 59.7 Å². The number of hydrogen-bond acceptors (Lipinski definition) is 5. The van der Waals surface area contributed by atoms with Crippen LogP contribution in [0, 0.1) is 11.3 Å². The van der Waals surface area contributed by atoms with Crippen molar-refractivity contribution >= 4 is 11.8 Å². The van der Waals surface area contributed by atoms with Crippen LogP contribution in [0.2, 0.25) is 0 Å². The van der Waals surface area contributed by atoms with Crippen LogP contribution in [-0.2, 0) is 4.79 Å². The highest BCUT2D eigenvalue weighted by Gasteiger charge is 2.51. The Morgan fingerprint density at radius 3 is 2.29 bits per heavy atom. The van der Waals surface area contributed by atoms with Crippen LogP contribution in [0.5, 0.6) is 0 Å². The van der Waals surface area contributed by atoms with Gasteiger partial charge in [-0.3, -0.25) is 9.59 Å². The number of rotatable bonds is 6. The first-order valence-electron chi connectivity index (χ1n) is 10.2. The van der Waals surface area contributed by atoms with Crippen LogP contribution in [0.4, 0.5) is 0 Å². The number of likely N-dealkylation sites (N-methyl/N-ethyl adjacent to an activating group) is 1. The number of carbonyl (C=O) groups excluding carboxylic acids is 2. The van der Waals surface area contributed by atoms with E-state index in [9.17, 15) is 20.0 Å². The maximum absolute atomic E-state index is 12.5. The molecule has 0 unspecified atom stereocenters. The number of amides is 2. The SMILES string of the molecule is CN(C)CC(=O)N1[C@H](C#N)[C@@H](c2ccc(-c3cccc(C(=O)N(C)C)c3)cc2)[C@@H]1CO. The van der Waals surface area contributed by atoms with Gasteiger partial charge in [-0.1, -0.05) is 36.4 Å². The second kappa shape index (κ2) is 9.29. The summed E-state index contributed by atoms with van der Waals surface area (Å²) in [6.45, 7) is 0.000800. The van der Waals surface area contributed by atoms with Gasteiger partial charge >= 0.3 is 0 Å². The highest BCUT2D eigenvalue weighted by atomic mass is 16.3. The van der Waals surface area contributed by atoms with Gasteiger partial charge in [0.2, 0.25) is 5.91 Å². The largest absolute Gasteiger partial charge is 0.394 e. The van der Waals surface area contributed by atoms with Crippen LogP contribution in [-0.4, -0.2) is 85.0 Å².